The summed E-state index contributed by atoms with van der Waals surface area (Å²) in [5.74, 6) is 2.36. The molecule has 1 N–H and O–H groups in total. The Kier molecular flexibility index (Phi) is 6.27. The van der Waals surface area contributed by atoms with Crippen LogP contribution in [0, 0.1) is 5.92 Å². The standard InChI is InChI=1S/C21H29N5O/c1-16(2)9-10-22-20-15-19(18-7-5-4-6-8-18)23-21(24-20)26-13-11-25(12-14-26)17(3)27/h4-8,15-16H,9-14H2,1-3H3,(H,22,23,24). The van der Waals surface area contributed by atoms with Crippen molar-refractivity contribution < 1.29 is 4.79 Å². The summed E-state index contributed by atoms with van der Waals surface area (Å²) in [4.78, 5) is 25.2. The van der Waals surface area contributed by atoms with Crippen molar-refractivity contribution in [2.45, 2.75) is 27.2 Å². The van der Waals surface area contributed by atoms with Crippen LogP contribution in [-0.2, 0) is 4.79 Å². The van der Waals surface area contributed by atoms with Crippen LogP contribution in [0.5, 0.6) is 0 Å². The topological polar surface area (TPSA) is 61.4 Å². The van der Waals surface area contributed by atoms with Gasteiger partial charge in [0.05, 0.1) is 5.69 Å². The minimum atomic E-state index is 0.129. The Morgan fingerprint density at radius 2 is 1.81 bits per heavy atom. The zero-order valence-electron chi connectivity index (χ0n) is 16.5. The highest BCUT2D eigenvalue weighted by atomic mass is 16.2. The molecule has 6 heteroatoms. The molecule has 2 aromatic rings. The molecule has 0 unspecified atom stereocenters. The summed E-state index contributed by atoms with van der Waals surface area (Å²) >= 11 is 0. The van der Waals surface area contributed by atoms with Gasteiger partial charge < -0.3 is 15.1 Å². The van der Waals surface area contributed by atoms with Gasteiger partial charge in [-0.1, -0.05) is 44.2 Å². The summed E-state index contributed by atoms with van der Waals surface area (Å²) < 4.78 is 0. The van der Waals surface area contributed by atoms with Gasteiger partial charge in [-0.05, 0) is 12.3 Å². The van der Waals surface area contributed by atoms with Crippen molar-refractivity contribution in [3.63, 3.8) is 0 Å². The number of hydrogen-bond donors (Lipinski definition) is 1. The third-order valence-corrected chi connectivity index (χ3v) is 4.82. The van der Waals surface area contributed by atoms with Gasteiger partial charge in [-0.15, -0.1) is 0 Å². The zero-order valence-corrected chi connectivity index (χ0v) is 16.5. The highest BCUT2D eigenvalue weighted by Crippen LogP contribution is 2.23. The Labute approximate surface area is 161 Å². The van der Waals surface area contributed by atoms with Gasteiger partial charge in [0.1, 0.15) is 5.82 Å². The number of amides is 1. The van der Waals surface area contributed by atoms with E-state index >= 15 is 0 Å². The molecule has 6 nitrogen and oxygen atoms in total. The van der Waals surface area contributed by atoms with Crippen LogP contribution in [0.15, 0.2) is 36.4 Å². The highest BCUT2D eigenvalue weighted by Gasteiger charge is 2.21. The molecule has 1 saturated heterocycles. The lowest BCUT2D eigenvalue weighted by Crippen LogP contribution is -2.48. The van der Waals surface area contributed by atoms with Crippen molar-refractivity contribution in [2.75, 3.05) is 42.9 Å². The fraction of sp³-hybridized carbons (Fsp3) is 0.476. The molecule has 1 fully saturated rings. The van der Waals surface area contributed by atoms with Gasteiger partial charge in [0.15, 0.2) is 0 Å². The Hall–Kier alpha value is -2.63. The van der Waals surface area contributed by atoms with Crippen molar-refractivity contribution in [1.29, 1.82) is 0 Å². The molecule has 0 radical (unpaired) electrons. The van der Waals surface area contributed by atoms with E-state index in [2.05, 4.69) is 36.2 Å². The summed E-state index contributed by atoms with van der Waals surface area (Å²) in [7, 11) is 0. The maximum Gasteiger partial charge on any atom is 0.227 e. The summed E-state index contributed by atoms with van der Waals surface area (Å²) in [6, 6.07) is 12.2. The van der Waals surface area contributed by atoms with Gasteiger partial charge in [-0.2, -0.15) is 4.98 Å². The van der Waals surface area contributed by atoms with Gasteiger partial charge in [-0.25, -0.2) is 4.98 Å². The number of anilines is 2. The Bertz CT molecular complexity index is 754. The quantitative estimate of drug-likeness (QED) is 0.849. The number of carbonyl (C=O) groups excluding carboxylic acids is 1. The largest absolute Gasteiger partial charge is 0.370 e. The molecule has 0 spiro atoms. The molecule has 1 aromatic carbocycles. The number of nitrogens with one attached hydrogen (secondary N) is 1. The lowest BCUT2D eigenvalue weighted by molar-refractivity contribution is -0.129. The average molecular weight is 367 g/mol. The number of carbonyl (C=O) groups is 1. The number of rotatable bonds is 6. The van der Waals surface area contributed by atoms with E-state index in [1.54, 1.807) is 6.92 Å². The molecule has 1 aromatic heterocycles. The normalized spacial score (nSPS) is 14.5. The van der Waals surface area contributed by atoms with Crippen LogP contribution in [0.4, 0.5) is 11.8 Å². The number of benzene rings is 1. The molecule has 1 aliphatic rings. The molecule has 144 valence electrons. The molecule has 0 bridgehead atoms. The first-order valence-electron chi connectivity index (χ1n) is 9.72. The predicted molar refractivity (Wildman–Crippen MR) is 110 cm³/mol. The summed E-state index contributed by atoms with van der Waals surface area (Å²) in [5, 5.41) is 3.45. The first-order valence-corrected chi connectivity index (χ1v) is 9.72. The highest BCUT2D eigenvalue weighted by molar-refractivity contribution is 5.73. The van der Waals surface area contributed by atoms with E-state index in [0.717, 1.165) is 49.1 Å². The number of hydrogen-bond acceptors (Lipinski definition) is 5. The van der Waals surface area contributed by atoms with E-state index in [4.69, 9.17) is 9.97 Å². The third-order valence-electron chi connectivity index (χ3n) is 4.82. The molecule has 3 rings (SSSR count). The molecule has 0 atom stereocenters. The van der Waals surface area contributed by atoms with Crippen molar-refractivity contribution in [3.8, 4) is 11.3 Å². The zero-order chi connectivity index (χ0) is 19.2. The second-order valence-electron chi connectivity index (χ2n) is 7.41. The summed E-state index contributed by atoms with van der Waals surface area (Å²) in [5.41, 5.74) is 2.00. The fourth-order valence-electron chi connectivity index (χ4n) is 3.13. The molecule has 1 aliphatic heterocycles. The predicted octanol–water partition coefficient (Wildman–Crippen LogP) is 3.27. The number of nitrogens with zero attached hydrogens (tertiary/aromatic N) is 4. The first-order chi connectivity index (χ1) is 13.0. The van der Waals surface area contributed by atoms with E-state index < -0.39 is 0 Å². The average Bonchev–Trinajstić information content (AvgIpc) is 2.68. The molecular formula is C21H29N5O. The van der Waals surface area contributed by atoms with Gasteiger partial charge in [0, 0.05) is 51.3 Å². The summed E-state index contributed by atoms with van der Waals surface area (Å²) in [6.45, 7) is 9.88. The van der Waals surface area contributed by atoms with E-state index in [0.29, 0.717) is 19.0 Å². The van der Waals surface area contributed by atoms with Crippen molar-refractivity contribution in [3.05, 3.63) is 36.4 Å². The second kappa shape index (κ2) is 8.84. The minimum Gasteiger partial charge on any atom is -0.370 e. The van der Waals surface area contributed by atoms with Gasteiger partial charge >= 0.3 is 0 Å². The van der Waals surface area contributed by atoms with Crippen LogP contribution in [0.3, 0.4) is 0 Å². The van der Waals surface area contributed by atoms with Crippen LogP contribution in [0.2, 0.25) is 0 Å². The van der Waals surface area contributed by atoms with Crippen LogP contribution in [0.1, 0.15) is 27.2 Å². The second-order valence-corrected chi connectivity index (χ2v) is 7.41. The number of piperazine rings is 1. The maximum atomic E-state index is 11.6. The molecular weight excluding hydrogens is 338 g/mol. The van der Waals surface area contributed by atoms with Crippen LogP contribution < -0.4 is 10.2 Å². The lowest BCUT2D eigenvalue weighted by Gasteiger charge is -2.34. The molecule has 0 aliphatic carbocycles. The Balaban J connectivity index is 1.82. The van der Waals surface area contributed by atoms with Gasteiger partial charge in [0.2, 0.25) is 11.9 Å². The minimum absolute atomic E-state index is 0.129. The van der Waals surface area contributed by atoms with Crippen molar-refractivity contribution in [1.82, 2.24) is 14.9 Å². The molecule has 2 heterocycles. The summed E-state index contributed by atoms with van der Waals surface area (Å²) in [6.07, 6.45) is 1.09. The Morgan fingerprint density at radius 3 is 2.44 bits per heavy atom. The van der Waals surface area contributed by atoms with E-state index in [1.807, 2.05) is 29.2 Å². The van der Waals surface area contributed by atoms with Crippen LogP contribution in [-0.4, -0.2) is 53.5 Å². The van der Waals surface area contributed by atoms with Gasteiger partial charge in [0.25, 0.3) is 0 Å². The van der Waals surface area contributed by atoms with Gasteiger partial charge in [-0.3, -0.25) is 4.79 Å². The van der Waals surface area contributed by atoms with E-state index in [-0.39, 0.29) is 5.91 Å². The van der Waals surface area contributed by atoms with E-state index in [1.165, 1.54) is 0 Å². The molecule has 1 amide bonds. The monoisotopic (exact) mass is 367 g/mol. The smallest absolute Gasteiger partial charge is 0.227 e. The number of aromatic nitrogens is 2. The molecule has 0 saturated carbocycles. The van der Waals surface area contributed by atoms with Crippen LogP contribution >= 0.6 is 0 Å². The fourth-order valence-corrected chi connectivity index (χ4v) is 3.13. The third kappa shape index (κ3) is 5.18. The maximum absolute atomic E-state index is 11.6. The molecule has 27 heavy (non-hydrogen) atoms. The van der Waals surface area contributed by atoms with E-state index in [9.17, 15) is 4.79 Å². The first kappa shape index (κ1) is 19.1. The van der Waals surface area contributed by atoms with Crippen molar-refractivity contribution in [2.24, 2.45) is 5.92 Å². The van der Waals surface area contributed by atoms with Crippen LogP contribution in [0.25, 0.3) is 11.3 Å². The Morgan fingerprint density at radius 1 is 1.11 bits per heavy atom. The SMILES string of the molecule is CC(=O)N1CCN(c2nc(NCCC(C)C)cc(-c3ccccc3)n2)CC1. The van der Waals surface area contributed by atoms with Crippen molar-refractivity contribution >= 4 is 17.7 Å². The lowest BCUT2D eigenvalue weighted by atomic mass is 10.1.